The minimum absolute atomic E-state index is 0.723. The molecule has 23 heavy (non-hydrogen) atoms. The normalized spacial score (nSPS) is 9.91. The molecule has 1 amide bonds. The van der Waals surface area contributed by atoms with Crippen LogP contribution >= 0.6 is 0 Å². The summed E-state index contributed by atoms with van der Waals surface area (Å²) < 4.78 is 0. The predicted octanol–water partition coefficient (Wildman–Crippen LogP) is 4.10. The average Bonchev–Trinajstić information content (AvgIpc) is 2.65. The summed E-state index contributed by atoms with van der Waals surface area (Å²) in [6, 6.07) is 29.1. The van der Waals surface area contributed by atoms with Gasteiger partial charge in [0.25, 0.3) is 0 Å². The van der Waals surface area contributed by atoms with Gasteiger partial charge in [0, 0.05) is 11.1 Å². The number of para-hydroxylation sites is 1. The Morgan fingerprint density at radius 1 is 0.696 bits per heavy atom. The van der Waals surface area contributed by atoms with E-state index in [4.69, 9.17) is 0 Å². The lowest BCUT2D eigenvalue weighted by atomic mass is 10.0. The van der Waals surface area contributed by atoms with Crippen LogP contribution in [0.2, 0.25) is 0 Å². The summed E-state index contributed by atoms with van der Waals surface area (Å²) >= 11 is 0. The maximum Gasteiger partial charge on any atom is 0.234 e. The number of hydrazone groups is 1. The van der Waals surface area contributed by atoms with Crippen molar-refractivity contribution in [1.82, 2.24) is 0 Å². The first-order valence-electron chi connectivity index (χ1n) is 7.37. The zero-order chi connectivity index (χ0) is 15.9. The van der Waals surface area contributed by atoms with Crippen LogP contribution in [0.15, 0.2) is 96.1 Å². The van der Waals surface area contributed by atoms with Crippen molar-refractivity contribution in [3.63, 3.8) is 0 Å². The number of rotatable bonds is 5. The van der Waals surface area contributed by atoms with E-state index in [9.17, 15) is 4.79 Å². The quantitative estimate of drug-likeness (QED) is 0.396. The second-order valence-corrected chi connectivity index (χ2v) is 4.97. The number of amides is 1. The average molecular weight is 300 g/mol. The summed E-state index contributed by atoms with van der Waals surface area (Å²) in [5, 5.41) is 5.94. The summed E-state index contributed by atoms with van der Waals surface area (Å²) in [5.74, 6) is 0. The highest BCUT2D eigenvalue weighted by Gasteiger charge is 2.10. The van der Waals surface area contributed by atoms with E-state index < -0.39 is 0 Å². The van der Waals surface area contributed by atoms with Gasteiger partial charge in [-0.25, -0.2) is 5.01 Å². The molecule has 0 heterocycles. The van der Waals surface area contributed by atoms with E-state index in [2.05, 4.69) is 5.10 Å². The van der Waals surface area contributed by atoms with E-state index in [0.29, 0.717) is 0 Å². The smallest absolute Gasteiger partial charge is 0.234 e. The van der Waals surface area contributed by atoms with E-state index in [1.807, 2.05) is 91.0 Å². The zero-order valence-electron chi connectivity index (χ0n) is 12.5. The molecule has 0 saturated carbocycles. The molecule has 0 aliphatic rings. The molecule has 3 aromatic carbocycles. The van der Waals surface area contributed by atoms with Gasteiger partial charge >= 0.3 is 0 Å². The van der Waals surface area contributed by atoms with E-state index in [-0.39, 0.29) is 0 Å². The largest absolute Gasteiger partial charge is 0.276 e. The first-order chi connectivity index (χ1) is 11.4. The molecule has 3 aromatic rings. The number of hydrogen-bond donors (Lipinski definition) is 0. The lowest BCUT2D eigenvalue weighted by Gasteiger charge is -2.15. The Kier molecular flexibility index (Phi) is 4.60. The van der Waals surface area contributed by atoms with Crippen LogP contribution in [-0.4, -0.2) is 12.1 Å². The van der Waals surface area contributed by atoms with Crippen LogP contribution in [0.3, 0.4) is 0 Å². The molecule has 0 atom stereocenters. The van der Waals surface area contributed by atoms with Crippen molar-refractivity contribution in [2.75, 3.05) is 5.01 Å². The van der Waals surface area contributed by atoms with Gasteiger partial charge < -0.3 is 0 Å². The number of benzene rings is 3. The summed E-state index contributed by atoms with van der Waals surface area (Å²) in [5.41, 5.74) is 3.40. The van der Waals surface area contributed by atoms with Crippen LogP contribution in [0, 0.1) is 0 Å². The molecule has 0 aliphatic carbocycles. The highest BCUT2D eigenvalue weighted by atomic mass is 16.1. The standard InChI is InChI=1S/C20H16N2O/c23-16-22(19-14-8-3-9-15-19)21-20(17-10-4-1-5-11-17)18-12-6-2-7-13-18/h1-16H. The van der Waals surface area contributed by atoms with E-state index in [0.717, 1.165) is 28.9 Å². The number of carbonyl (C=O) groups is 1. The second kappa shape index (κ2) is 7.18. The summed E-state index contributed by atoms with van der Waals surface area (Å²) in [6.07, 6.45) is 0.723. The van der Waals surface area contributed by atoms with Crippen LogP contribution in [0.1, 0.15) is 11.1 Å². The van der Waals surface area contributed by atoms with E-state index in [1.54, 1.807) is 0 Å². The van der Waals surface area contributed by atoms with Gasteiger partial charge in [-0.2, -0.15) is 5.10 Å². The van der Waals surface area contributed by atoms with E-state index >= 15 is 0 Å². The Morgan fingerprint density at radius 3 is 1.57 bits per heavy atom. The van der Waals surface area contributed by atoms with Gasteiger partial charge in [-0.15, -0.1) is 0 Å². The molecule has 112 valence electrons. The lowest BCUT2D eigenvalue weighted by molar-refractivity contribution is -0.107. The minimum atomic E-state index is 0.723. The lowest BCUT2D eigenvalue weighted by Crippen LogP contribution is -2.18. The highest BCUT2D eigenvalue weighted by Crippen LogP contribution is 2.16. The summed E-state index contributed by atoms with van der Waals surface area (Å²) in [4.78, 5) is 11.5. The molecular formula is C20H16N2O. The van der Waals surface area contributed by atoms with Crippen molar-refractivity contribution in [2.45, 2.75) is 0 Å². The molecule has 3 rings (SSSR count). The molecule has 0 N–H and O–H groups in total. The molecule has 0 aliphatic heterocycles. The number of anilines is 1. The van der Waals surface area contributed by atoms with Crippen molar-refractivity contribution in [2.24, 2.45) is 5.10 Å². The SMILES string of the molecule is O=CN(N=C(c1ccccc1)c1ccccc1)c1ccccc1. The number of carbonyl (C=O) groups excluding carboxylic acids is 1. The number of hydrogen-bond acceptors (Lipinski definition) is 2. The summed E-state index contributed by atoms with van der Waals surface area (Å²) in [7, 11) is 0. The molecule has 0 aromatic heterocycles. The second-order valence-electron chi connectivity index (χ2n) is 4.97. The summed E-state index contributed by atoms with van der Waals surface area (Å²) in [6.45, 7) is 0. The van der Waals surface area contributed by atoms with Gasteiger partial charge in [0.2, 0.25) is 6.41 Å². The molecule has 0 spiro atoms. The molecule has 0 unspecified atom stereocenters. The molecule has 3 nitrogen and oxygen atoms in total. The Morgan fingerprint density at radius 2 is 1.13 bits per heavy atom. The molecule has 0 radical (unpaired) electrons. The minimum Gasteiger partial charge on any atom is -0.276 e. The fourth-order valence-corrected chi connectivity index (χ4v) is 2.30. The third kappa shape index (κ3) is 3.52. The van der Waals surface area contributed by atoms with Crippen LogP contribution in [0.4, 0.5) is 5.69 Å². The van der Waals surface area contributed by atoms with Gasteiger partial charge in [-0.3, -0.25) is 4.79 Å². The molecule has 0 bridgehead atoms. The Labute approximate surface area is 135 Å². The van der Waals surface area contributed by atoms with Crippen molar-refractivity contribution in [1.29, 1.82) is 0 Å². The Hall–Kier alpha value is -3.20. The van der Waals surface area contributed by atoms with Crippen LogP contribution in [0.25, 0.3) is 0 Å². The third-order valence-electron chi connectivity index (χ3n) is 3.42. The Balaban J connectivity index is 2.09. The molecule has 0 saturated heterocycles. The molecule has 3 heteroatoms. The monoisotopic (exact) mass is 300 g/mol. The molecular weight excluding hydrogens is 284 g/mol. The van der Waals surface area contributed by atoms with Gasteiger partial charge in [-0.05, 0) is 12.1 Å². The van der Waals surface area contributed by atoms with Gasteiger partial charge in [0.05, 0.1) is 11.4 Å². The van der Waals surface area contributed by atoms with E-state index in [1.165, 1.54) is 5.01 Å². The Bertz CT molecular complexity index is 742. The first kappa shape index (κ1) is 14.7. The van der Waals surface area contributed by atoms with Crippen LogP contribution < -0.4 is 5.01 Å². The maximum atomic E-state index is 11.5. The first-order valence-corrected chi connectivity index (χ1v) is 7.37. The van der Waals surface area contributed by atoms with Crippen molar-refractivity contribution < 1.29 is 4.79 Å². The topological polar surface area (TPSA) is 32.7 Å². The van der Waals surface area contributed by atoms with Crippen LogP contribution in [-0.2, 0) is 4.79 Å². The fraction of sp³-hybridized carbons (Fsp3) is 0. The van der Waals surface area contributed by atoms with Crippen molar-refractivity contribution in [3.8, 4) is 0 Å². The van der Waals surface area contributed by atoms with Gasteiger partial charge in [0.1, 0.15) is 0 Å². The highest BCUT2D eigenvalue weighted by molar-refractivity contribution is 6.13. The van der Waals surface area contributed by atoms with Crippen molar-refractivity contribution in [3.05, 3.63) is 102 Å². The van der Waals surface area contributed by atoms with Crippen molar-refractivity contribution >= 4 is 17.8 Å². The van der Waals surface area contributed by atoms with Crippen LogP contribution in [0.5, 0.6) is 0 Å². The predicted molar refractivity (Wildman–Crippen MR) is 93.5 cm³/mol. The zero-order valence-corrected chi connectivity index (χ0v) is 12.5. The van der Waals surface area contributed by atoms with Gasteiger partial charge in [-0.1, -0.05) is 78.9 Å². The van der Waals surface area contributed by atoms with Gasteiger partial charge in [0.15, 0.2) is 0 Å². The maximum absolute atomic E-state index is 11.5. The number of nitrogens with zero attached hydrogens (tertiary/aromatic N) is 2. The third-order valence-corrected chi connectivity index (χ3v) is 3.42. The fourth-order valence-electron chi connectivity index (χ4n) is 2.30. The molecule has 0 fully saturated rings.